The fourth-order valence-electron chi connectivity index (χ4n) is 4.00. The van der Waals surface area contributed by atoms with Gasteiger partial charge in [-0.25, -0.2) is 0 Å². The Kier molecular flexibility index (Phi) is 4.69. The van der Waals surface area contributed by atoms with E-state index >= 15 is 0 Å². The molecule has 2 aliphatic rings. The van der Waals surface area contributed by atoms with Crippen LogP contribution in [0, 0.1) is 18.8 Å². The molecule has 0 bridgehead atoms. The number of rotatable bonds is 3. The van der Waals surface area contributed by atoms with Crippen LogP contribution in [0.3, 0.4) is 0 Å². The van der Waals surface area contributed by atoms with Crippen LogP contribution in [-0.2, 0) is 19.1 Å². The number of benzene rings is 1. The lowest BCUT2D eigenvalue weighted by atomic mass is 9.69. The van der Waals surface area contributed by atoms with Crippen molar-refractivity contribution in [2.75, 3.05) is 6.61 Å². The molecule has 5 nitrogen and oxygen atoms in total. The summed E-state index contributed by atoms with van der Waals surface area (Å²) in [5.74, 6) is -1.72. The lowest BCUT2D eigenvalue weighted by Crippen LogP contribution is -2.56. The summed E-state index contributed by atoms with van der Waals surface area (Å²) in [4.78, 5) is 36.8. The minimum absolute atomic E-state index is 0.124. The number of ether oxygens (including phenoxy) is 1. The molecule has 128 valence electrons. The van der Waals surface area contributed by atoms with Crippen molar-refractivity contribution in [1.29, 1.82) is 0 Å². The first-order chi connectivity index (χ1) is 11.5. The van der Waals surface area contributed by atoms with Crippen molar-refractivity contribution >= 4 is 17.7 Å². The Morgan fingerprint density at radius 1 is 1.25 bits per heavy atom. The van der Waals surface area contributed by atoms with Gasteiger partial charge in [-0.3, -0.25) is 14.4 Å². The summed E-state index contributed by atoms with van der Waals surface area (Å²) in [5, 5.41) is 2.90. The van der Waals surface area contributed by atoms with Crippen LogP contribution in [0.2, 0.25) is 0 Å². The number of ketones is 1. The van der Waals surface area contributed by atoms with E-state index in [2.05, 4.69) is 11.4 Å². The molecule has 5 heteroatoms. The highest BCUT2D eigenvalue weighted by Gasteiger charge is 2.46. The fraction of sp³-hybridized carbons (Fsp3) is 0.526. The molecule has 24 heavy (non-hydrogen) atoms. The van der Waals surface area contributed by atoms with E-state index in [1.807, 2.05) is 25.1 Å². The van der Waals surface area contributed by atoms with Gasteiger partial charge in [-0.15, -0.1) is 0 Å². The van der Waals surface area contributed by atoms with Crippen molar-refractivity contribution in [3.63, 3.8) is 0 Å². The maximum absolute atomic E-state index is 12.7. The van der Waals surface area contributed by atoms with Gasteiger partial charge in [-0.2, -0.15) is 0 Å². The standard InChI is InChI=1S/C19H23NO4/c1-3-24-19(23)15-10-14-16(20-18(15)22)8-12(9-17(14)21)13-7-5-4-6-11(13)2/h4-7,12,14-16H,3,8-10H2,1-2H3,(H,20,22). The molecule has 1 saturated heterocycles. The quantitative estimate of drug-likeness (QED) is 0.681. The summed E-state index contributed by atoms with van der Waals surface area (Å²) in [6.07, 6.45) is 1.48. The SMILES string of the molecule is CCOC(=O)C1CC2C(=O)CC(c3ccccc3C)CC2NC1=O. The number of amides is 1. The van der Waals surface area contributed by atoms with Gasteiger partial charge in [0.15, 0.2) is 0 Å². The van der Waals surface area contributed by atoms with Gasteiger partial charge in [-0.05, 0) is 43.7 Å². The summed E-state index contributed by atoms with van der Waals surface area (Å²) in [7, 11) is 0. The van der Waals surface area contributed by atoms with Gasteiger partial charge in [0, 0.05) is 18.4 Å². The average Bonchev–Trinajstić information content (AvgIpc) is 2.54. The Balaban J connectivity index is 1.77. The van der Waals surface area contributed by atoms with Crippen LogP contribution in [0.4, 0.5) is 0 Å². The smallest absolute Gasteiger partial charge is 0.318 e. The maximum Gasteiger partial charge on any atom is 0.318 e. The first-order valence-corrected chi connectivity index (χ1v) is 8.56. The molecule has 0 spiro atoms. The zero-order valence-corrected chi connectivity index (χ0v) is 14.1. The summed E-state index contributed by atoms with van der Waals surface area (Å²) in [6.45, 7) is 3.99. The number of hydrogen-bond donors (Lipinski definition) is 1. The number of carbonyl (C=O) groups is 3. The largest absolute Gasteiger partial charge is 0.465 e. The Labute approximate surface area is 141 Å². The Hall–Kier alpha value is -2.17. The normalized spacial score (nSPS) is 29.6. The van der Waals surface area contributed by atoms with Crippen molar-refractivity contribution in [3.8, 4) is 0 Å². The third kappa shape index (κ3) is 3.07. The zero-order valence-electron chi connectivity index (χ0n) is 14.1. The molecule has 1 aliphatic heterocycles. The maximum atomic E-state index is 12.7. The number of Topliss-reactive ketones (excluding diaryl/α,β-unsaturated/α-hetero) is 1. The van der Waals surface area contributed by atoms with Gasteiger partial charge < -0.3 is 10.1 Å². The van der Waals surface area contributed by atoms with Gasteiger partial charge in [-0.1, -0.05) is 24.3 Å². The number of esters is 1. The first kappa shape index (κ1) is 16.7. The van der Waals surface area contributed by atoms with E-state index in [-0.39, 0.29) is 42.6 Å². The molecule has 1 aliphatic carbocycles. The fourth-order valence-corrected chi connectivity index (χ4v) is 4.00. The molecule has 4 atom stereocenters. The minimum Gasteiger partial charge on any atom is -0.465 e. The van der Waals surface area contributed by atoms with E-state index in [0.717, 1.165) is 6.42 Å². The molecule has 0 radical (unpaired) electrons. The van der Waals surface area contributed by atoms with Gasteiger partial charge in [0.1, 0.15) is 11.7 Å². The van der Waals surface area contributed by atoms with E-state index in [1.54, 1.807) is 6.92 Å². The highest BCUT2D eigenvalue weighted by molar-refractivity contribution is 6.00. The number of carbonyl (C=O) groups excluding carboxylic acids is 3. The highest BCUT2D eigenvalue weighted by atomic mass is 16.5. The van der Waals surface area contributed by atoms with Gasteiger partial charge in [0.25, 0.3) is 0 Å². The van der Waals surface area contributed by atoms with Gasteiger partial charge >= 0.3 is 5.97 Å². The Morgan fingerprint density at radius 3 is 2.71 bits per heavy atom. The van der Waals surface area contributed by atoms with E-state index in [1.165, 1.54) is 11.1 Å². The number of nitrogens with one attached hydrogen (secondary N) is 1. The van der Waals surface area contributed by atoms with Crippen LogP contribution in [0.5, 0.6) is 0 Å². The number of fused-ring (bicyclic) bond motifs is 1. The second kappa shape index (κ2) is 6.75. The van der Waals surface area contributed by atoms with Crippen molar-refractivity contribution in [2.24, 2.45) is 11.8 Å². The molecule has 1 N–H and O–H groups in total. The molecule has 4 unspecified atom stereocenters. The van der Waals surface area contributed by atoms with Crippen molar-refractivity contribution in [2.45, 2.75) is 45.1 Å². The molecule has 1 saturated carbocycles. The van der Waals surface area contributed by atoms with Crippen molar-refractivity contribution in [3.05, 3.63) is 35.4 Å². The molecule has 1 aromatic carbocycles. The second-order valence-corrected chi connectivity index (χ2v) is 6.72. The van der Waals surface area contributed by atoms with Crippen LogP contribution in [0.25, 0.3) is 0 Å². The van der Waals surface area contributed by atoms with Crippen LogP contribution < -0.4 is 5.32 Å². The number of piperidine rings is 1. The molecule has 1 aromatic rings. The lowest BCUT2D eigenvalue weighted by molar-refractivity contribution is -0.156. The Morgan fingerprint density at radius 2 is 2.00 bits per heavy atom. The summed E-state index contributed by atoms with van der Waals surface area (Å²) in [6, 6.07) is 7.88. The molecule has 1 amide bonds. The molecule has 1 heterocycles. The molecular formula is C19H23NO4. The molecule has 3 rings (SSSR count). The lowest BCUT2D eigenvalue weighted by Gasteiger charge is -2.40. The van der Waals surface area contributed by atoms with Crippen LogP contribution in [0.15, 0.2) is 24.3 Å². The van der Waals surface area contributed by atoms with Crippen molar-refractivity contribution < 1.29 is 19.1 Å². The Bertz CT molecular complexity index is 669. The predicted molar refractivity (Wildman–Crippen MR) is 88.3 cm³/mol. The highest BCUT2D eigenvalue weighted by Crippen LogP contribution is 2.39. The van der Waals surface area contributed by atoms with Gasteiger partial charge in [0.05, 0.1) is 6.61 Å². The minimum atomic E-state index is -0.856. The summed E-state index contributed by atoms with van der Waals surface area (Å²) < 4.78 is 4.96. The van der Waals surface area contributed by atoms with E-state index < -0.39 is 11.9 Å². The van der Waals surface area contributed by atoms with E-state index in [9.17, 15) is 14.4 Å². The van der Waals surface area contributed by atoms with Crippen LogP contribution in [0.1, 0.15) is 43.2 Å². The first-order valence-electron chi connectivity index (χ1n) is 8.56. The molecule has 0 aromatic heterocycles. The van der Waals surface area contributed by atoms with Crippen LogP contribution in [-0.4, -0.2) is 30.3 Å². The number of aryl methyl sites for hydroxylation is 1. The average molecular weight is 329 g/mol. The summed E-state index contributed by atoms with van der Waals surface area (Å²) in [5.41, 5.74) is 2.34. The van der Waals surface area contributed by atoms with Crippen LogP contribution >= 0.6 is 0 Å². The zero-order chi connectivity index (χ0) is 17.3. The summed E-state index contributed by atoms with van der Waals surface area (Å²) >= 11 is 0. The topological polar surface area (TPSA) is 72.5 Å². The van der Waals surface area contributed by atoms with Crippen molar-refractivity contribution in [1.82, 2.24) is 5.32 Å². The third-order valence-corrected chi connectivity index (χ3v) is 5.22. The predicted octanol–water partition coefficient (Wildman–Crippen LogP) is 2.13. The monoisotopic (exact) mass is 329 g/mol. The second-order valence-electron chi connectivity index (χ2n) is 6.72. The van der Waals surface area contributed by atoms with E-state index in [4.69, 9.17) is 4.74 Å². The van der Waals surface area contributed by atoms with Gasteiger partial charge in [0.2, 0.25) is 5.91 Å². The molecule has 2 fully saturated rings. The number of hydrogen-bond acceptors (Lipinski definition) is 4. The van der Waals surface area contributed by atoms with E-state index in [0.29, 0.717) is 6.42 Å². The molecular weight excluding hydrogens is 306 g/mol. The third-order valence-electron chi connectivity index (χ3n) is 5.22.